The van der Waals surface area contributed by atoms with E-state index in [0.717, 1.165) is 0 Å². The Bertz CT molecular complexity index is 345. The Morgan fingerprint density at radius 1 is 1.46 bits per heavy atom. The van der Waals surface area contributed by atoms with Crippen molar-refractivity contribution in [1.82, 2.24) is 0 Å². The molecular weight excluding hydrogens is 178 g/mol. The molecule has 0 aliphatic heterocycles. The molecule has 1 nitrogen and oxygen atoms in total. The van der Waals surface area contributed by atoms with Crippen LogP contribution in [0.15, 0.2) is 5.38 Å². The molecule has 0 amide bonds. The quantitative estimate of drug-likeness (QED) is 0.668. The molecule has 1 aliphatic rings. The van der Waals surface area contributed by atoms with E-state index in [0.29, 0.717) is 0 Å². The zero-order chi connectivity index (χ0) is 9.26. The van der Waals surface area contributed by atoms with Crippen LogP contribution in [0.1, 0.15) is 41.7 Å². The first-order chi connectivity index (χ1) is 6.33. The first-order valence-electron chi connectivity index (χ1n) is 4.81. The number of hydrogen-bond donors (Lipinski definition) is 0. The highest BCUT2D eigenvalue weighted by molar-refractivity contribution is 7.10. The summed E-state index contributed by atoms with van der Waals surface area (Å²) < 4.78 is 0. The van der Waals surface area contributed by atoms with E-state index in [-0.39, 0.29) is 5.92 Å². The second-order valence-electron chi connectivity index (χ2n) is 3.65. The largest absolute Gasteiger partial charge is 0.198 e. The average Bonchev–Trinajstić information content (AvgIpc) is 2.60. The van der Waals surface area contributed by atoms with Gasteiger partial charge in [0.25, 0.3) is 0 Å². The highest BCUT2D eigenvalue weighted by Gasteiger charge is 2.18. The van der Waals surface area contributed by atoms with Crippen LogP contribution in [-0.2, 0) is 12.8 Å². The summed E-state index contributed by atoms with van der Waals surface area (Å²) in [5.74, 6) is 0.0816. The summed E-state index contributed by atoms with van der Waals surface area (Å²) in [6.07, 6.45) is 5.06. The van der Waals surface area contributed by atoms with Crippen LogP contribution >= 0.6 is 11.3 Å². The van der Waals surface area contributed by atoms with Gasteiger partial charge in [-0.1, -0.05) is 0 Å². The highest BCUT2D eigenvalue weighted by Crippen LogP contribution is 2.33. The van der Waals surface area contributed by atoms with Crippen LogP contribution in [0.25, 0.3) is 0 Å². The number of thiophene rings is 1. The molecule has 2 rings (SSSR count). The molecule has 0 spiro atoms. The minimum atomic E-state index is 0.0816. The fourth-order valence-electron chi connectivity index (χ4n) is 1.95. The van der Waals surface area contributed by atoms with Gasteiger partial charge in [-0.05, 0) is 49.1 Å². The molecule has 0 radical (unpaired) electrons. The van der Waals surface area contributed by atoms with Crippen LogP contribution in [0.5, 0.6) is 0 Å². The number of aryl methyl sites for hydroxylation is 1. The molecule has 0 bridgehead atoms. The Morgan fingerprint density at radius 3 is 3.00 bits per heavy atom. The summed E-state index contributed by atoms with van der Waals surface area (Å²) in [6, 6.07) is 2.32. The Morgan fingerprint density at radius 2 is 2.23 bits per heavy atom. The molecule has 0 N–H and O–H groups in total. The zero-order valence-electron chi connectivity index (χ0n) is 7.84. The normalized spacial score (nSPS) is 17.5. The number of nitriles is 1. The molecule has 0 fully saturated rings. The average molecular weight is 191 g/mol. The van der Waals surface area contributed by atoms with Gasteiger partial charge in [-0.2, -0.15) is 5.26 Å². The van der Waals surface area contributed by atoms with Gasteiger partial charge in [0.05, 0.1) is 12.0 Å². The SMILES string of the molecule is CC(C#N)c1csc2c1CCCC2. The maximum Gasteiger partial charge on any atom is 0.0701 e. The molecule has 0 saturated carbocycles. The summed E-state index contributed by atoms with van der Waals surface area (Å²) in [5.41, 5.74) is 2.78. The van der Waals surface area contributed by atoms with Gasteiger partial charge in [-0.3, -0.25) is 0 Å². The number of hydrogen-bond acceptors (Lipinski definition) is 2. The molecule has 1 aromatic heterocycles. The molecule has 1 aromatic rings. The smallest absolute Gasteiger partial charge is 0.0701 e. The lowest BCUT2D eigenvalue weighted by atomic mass is 9.91. The van der Waals surface area contributed by atoms with E-state index in [1.165, 1.54) is 41.7 Å². The van der Waals surface area contributed by atoms with E-state index in [9.17, 15) is 0 Å². The Hall–Kier alpha value is -0.810. The van der Waals surface area contributed by atoms with Crippen LogP contribution < -0.4 is 0 Å². The van der Waals surface area contributed by atoms with Crippen LogP contribution in [0.2, 0.25) is 0 Å². The van der Waals surface area contributed by atoms with Crippen LogP contribution in [-0.4, -0.2) is 0 Å². The van der Waals surface area contributed by atoms with Crippen molar-refractivity contribution < 1.29 is 0 Å². The summed E-state index contributed by atoms with van der Waals surface area (Å²) in [7, 11) is 0. The van der Waals surface area contributed by atoms with Gasteiger partial charge >= 0.3 is 0 Å². The maximum atomic E-state index is 8.86. The second kappa shape index (κ2) is 3.51. The van der Waals surface area contributed by atoms with Crippen molar-refractivity contribution >= 4 is 11.3 Å². The molecule has 68 valence electrons. The van der Waals surface area contributed by atoms with Crippen molar-refractivity contribution in [2.75, 3.05) is 0 Å². The van der Waals surface area contributed by atoms with Gasteiger partial charge < -0.3 is 0 Å². The molecule has 1 heterocycles. The lowest BCUT2D eigenvalue weighted by Gasteiger charge is -2.13. The third-order valence-electron chi connectivity index (χ3n) is 2.75. The Balaban J connectivity index is 2.38. The van der Waals surface area contributed by atoms with E-state index in [1.807, 2.05) is 18.3 Å². The lowest BCUT2D eigenvalue weighted by molar-refractivity contribution is 0.689. The number of nitrogens with zero attached hydrogens (tertiary/aromatic N) is 1. The highest BCUT2D eigenvalue weighted by atomic mass is 32.1. The Kier molecular flexibility index (Phi) is 2.37. The molecule has 1 atom stereocenters. The van der Waals surface area contributed by atoms with Gasteiger partial charge in [0.15, 0.2) is 0 Å². The molecule has 0 saturated heterocycles. The minimum Gasteiger partial charge on any atom is -0.198 e. The fourth-order valence-corrected chi connectivity index (χ4v) is 3.19. The molecule has 1 unspecified atom stereocenters. The second-order valence-corrected chi connectivity index (χ2v) is 4.61. The van der Waals surface area contributed by atoms with Crippen molar-refractivity contribution in [1.29, 1.82) is 5.26 Å². The predicted octanol–water partition coefficient (Wildman–Crippen LogP) is 3.25. The molecule has 13 heavy (non-hydrogen) atoms. The first kappa shape index (κ1) is 8.77. The molecule has 0 aromatic carbocycles. The first-order valence-corrected chi connectivity index (χ1v) is 5.69. The van der Waals surface area contributed by atoms with E-state index in [1.54, 1.807) is 0 Å². The molecule has 2 heteroatoms. The van der Waals surface area contributed by atoms with Crippen LogP contribution in [0.4, 0.5) is 0 Å². The van der Waals surface area contributed by atoms with E-state index in [2.05, 4.69) is 11.4 Å². The van der Waals surface area contributed by atoms with E-state index >= 15 is 0 Å². The maximum absolute atomic E-state index is 8.86. The number of fused-ring (bicyclic) bond motifs is 1. The lowest BCUT2D eigenvalue weighted by Crippen LogP contribution is -2.02. The van der Waals surface area contributed by atoms with Gasteiger partial charge in [0, 0.05) is 4.88 Å². The van der Waals surface area contributed by atoms with Gasteiger partial charge in [0.1, 0.15) is 0 Å². The molecular formula is C11H13NS. The van der Waals surface area contributed by atoms with Gasteiger partial charge in [0.2, 0.25) is 0 Å². The van der Waals surface area contributed by atoms with Crippen LogP contribution in [0, 0.1) is 11.3 Å². The topological polar surface area (TPSA) is 23.8 Å². The van der Waals surface area contributed by atoms with Crippen molar-refractivity contribution in [3.05, 3.63) is 21.4 Å². The standard InChI is InChI=1S/C11H13NS/c1-8(6-12)10-7-13-11-5-3-2-4-9(10)11/h7-8H,2-5H2,1H3. The van der Waals surface area contributed by atoms with Crippen molar-refractivity contribution in [2.24, 2.45) is 0 Å². The van der Waals surface area contributed by atoms with Crippen molar-refractivity contribution in [3.8, 4) is 6.07 Å². The fraction of sp³-hybridized carbons (Fsp3) is 0.545. The summed E-state index contributed by atoms with van der Waals surface area (Å²) in [4.78, 5) is 1.53. The third kappa shape index (κ3) is 1.49. The minimum absolute atomic E-state index is 0.0816. The summed E-state index contributed by atoms with van der Waals surface area (Å²) in [5, 5.41) is 11.0. The third-order valence-corrected chi connectivity index (χ3v) is 3.86. The van der Waals surface area contributed by atoms with Crippen molar-refractivity contribution in [3.63, 3.8) is 0 Å². The Labute approximate surface area is 83.0 Å². The van der Waals surface area contributed by atoms with Gasteiger partial charge in [-0.15, -0.1) is 11.3 Å². The number of rotatable bonds is 1. The van der Waals surface area contributed by atoms with E-state index < -0.39 is 0 Å². The zero-order valence-corrected chi connectivity index (χ0v) is 8.66. The van der Waals surface area contributed by atoms with E-state index in [4.69, 9.17) is 5.26 Å². The summed E-state index contributed by atoms with van der Waals surface area (Å²) >= 11 is 1.84. The predicted molar refractivity (Wildman–Crippen MR) is 55.0 cm³/mol. The van der Waals surface area contributed by atoms with Crippen LogP contribution in [0.3, 0.4) is 0 Å². The van der Waals surface area contributed by atoms with Gasteiger partial charge in [-0.25, -0.2) is 0 Å². The monoisotopic (exact) mass is 191 g/mol. The summed E-state index contributed by atoms with van der Waals surface area (Å²) in [6.45, 7) is 2.00. The molecule has 1 aliphatic carbocycles. The van der Waals surface area contributed by atoms with Crippen molar-refractivity contribution in [2.45, 2.75) is 38.5 Å².